The van der Waals surface area contributed by atoms with Gasteiger partial charge in [-0.05, 0) is 80.4 Å². The number of ether oxygens (including phenoxy) is 1. The third kappa shape index (κ3) is 2.26. The fraction of sp³-hybridized carbons (Fsp3) is 0.724. The Hall–Kier alpha value is -1.52. The monoisotopic (exact) mass is 449 g/mol. The summed E-state index contributed by atoms with van der Waals surface area (Å²) in [6.07, 6.45) is 8.10. The number of allylic oxidation sites excluding steroid dienone is 1. The van der Waals surface area contributed by atoms with Crippen LogP contribution in [0.25, 0.3) is 0 Å². The molecule has 5 aliphatic carbocycles. The molecule has 1 aromatic carbocycles. The van der Waals surface area contributed by atoms with E-state index in [2.05, 4.69) is 38.3 Å². The predicted molar refractivity (Wildman–Crippen MR) is 128 cm³/mol. The lowest BCUT2D eigenvalue weighted by Gasteiger charge is -2.75. The lowest BCUT2D eigenvalue weighted by Crippen LogP contribution is -2.79. The largest absolute Gasteiger partial charge is 0.504 e. The average Bonchev–Trinajstić information content (AvgIpc) is 3.52. The summed E-state index contributed by atoms with van der Waals surface area (Å²) < 4.78 is 6.88. The van der Waals surface area contributed by atoms with Crippen molar-refractivity contribution in [2.24, 2.45) is 28.1 Å². The molecule has 4 nitrogen and oxygen atoms in total. The molecule has 1 aromatic rings. The Morgan fingerprint density at radius 1 is 1.21 bits per heavy atom. The molecule has 6 atom stereocenters. The van der Waals surface area contributed by atoms with Gasteiger partial charge in [0.2, 0.25) is 0 Å². The van der Waals surface area contributed by atoms with Gasteiger partial charge in [-0.1, -0.05) is 39.0 Å². The molecule has 2 spiro atoms. The third-order valence-corrected chi connectivity index (χ3v) is 11.2. The number of hydrogen-bond donors (Lipinski definition) is 2. The number of phenols is 1. The number of aliphatic hydroxyl groups excluding tert-OH is 1. The van der Waals surface area contributed by atoms with E-state index in [-0.39, 0.29) is 46.0 Å². The lowest BCUT2D eigenvalue weighted by molar-refractivity contribution is -0.243. The van der Waals surface area contributed by atoms with E-state index >= 15 is 0 Å². The van der Waals surface area contributed by atoms with E-state index in [4.69, 9.17) is 4.74 Å². The Labute approximate surface area is 198 Å². The zero-order valence-corrected chi connectivity index (χ0v) is 20.5. The van der Waals surface area contributed by atoms with Gasteiger partial charge in [0.05, 0.1) is 6.61 Å². The number of aliphatic hydroxyl groups is 1. The number of phenolic OH excluding ortho intramolecular Hbond substituents is 1. The van der Waals surface area contributed by atoms with Gasteiger partial charge in [-0.25, -0.2) is 0 Å². The smallest absolute Gasteiger partial charge is 0.165 e. The van der Waals surface area contributed by atoms with E-state index in [1.165, 1.54) is 36.1 Å². The van der Waals surface area contributed by atoms with Gasteiger partial charge >= 0.3 is 0 Å². The average molecular weight is 450 g/mol. The van der Waals surface area contributed by atoms with Gasteiger partial charge in [0, 0.05) is 34.4 Å². The summed E-state index contributed by atoms with van der Waals surface area (Å²) in [6, 6.07) is 4.54. The van der Waals surface area contributed by atoms with Gasteiger partial charge in [-0.15, -0.1) is 0 Å². The number of fused-ring (bicyclic) bond motifs is 2. The number of hydrogen-bond acceptors (Lipinski definition) is 4. The van der Waals surface area contributed by atoms with Crippen molar-refractivity contribution >= 4 is 0 Å². The maximum Gasteiger partial charge on any atom is 0.165 e. The summed E-state index contributed by atoms with van der Waals surface area (Å²) in [5.74, 6) is 2.14. The Bertz CT molecular complexity index is 1050. The van der Waals surface area contributed by atoms with E-state index in [0.29, 0.717) is 6.04 Å². The molecule has 7 aliphatic rings. The molecule has 2 N–H and O–H groups in total. The first-order valence-corrected chi connectivity index (χ1v) is 13.2. The van der Waals surface area contributed by atoms with Crippen LogP contribution in [0.4, 0.5) is 0 Å². The van der Waals surface area contributed by atoms with E-state index in [1.54, 1.807) is 0 Å². The molecule has 5 fully saturated rings. The van der Waals surface area contributed by atoms with Crippen molar-refractivity contribution in [2.45, 2.75) is 83.3 Å². The minimum Gasteiger partial charge on any atom is -0.504 e. The highest BCUT2D eigenvalue weighted by Gasteiger charge is 2.80. The van der Waals surface area contributed by atoms with Crippen molar-refractivity contribution < 1.29 is 14.9 Å². The molecule has 1 saturated heterocycles. The number of likely N-dealkylation sites (tertiary alicyclic amines) is 1. The fourth-order valence-electron chi connectivity index (χ4n) is 9.46. The molecule has 2 heterocycles. The number of piperidine rings is 1. The van der Waals surface area contributed by atoms with Gasteiger partial charge in [-0.3, -0.25) is 4.90 Å². The minimum absolute atomic E-state index is 0.00957. The van der Waals surface area contributed by atoms with Crippen LogP contribution in [-0.2, 0) is 11.8 Å². The SMILES string of the molecule is C=C([C@H]1C[C@@]23CCC1(CO)[C@@H]1Oc4c(O)ccc5c4[C@@]12CCN(CC1CC1)[C@@H]3C5)C(C)(C)C. The molecule has 0 radical (unpaired) electrons. The minimum atomic E-state index is -0.324. The molecule has 4 saturated carbocycles. The molecule has 0 amide bonds. The van der Waals surface area contributed by atoms with Crippen molar-refractivity contribution in [2.75, 3.05) is 19.7 Å². The number of benzene rings is 1. The predicted octanol–water partition coefficient (Wildman–Crippen LogP) is 4.81. The summed E-state index contributed by atoms with van der Waals surface area (Å²) in [5, 5.41) is 22.0. The molecule has 2 aliphatic heterocycles. The van der Waals surface area contributed by atoms with Crippen molar-refractivity contribution in [1.82, 2.24) is 4.90 Å². The first-order valence-electron chi connectivity index (χ1n) is 13.2. The number of aromatic hydroxyl groups is 1. The summed E-state index contributed by atoms with van der Waals surface area (Å²) in [4.78, 5) is 2.85. The van der Waals surface area contributed by atoms with Gasteiger partial charge < -0.3 is 14.9 Å². The van der Waals surface area contributed by atoms with Gasteiger partial charge in [-0.2, -0.15) is 0 Å². The van der Waals surface area contributed by atoms with Crippen LogP contribution in [-0.4, -0.2) is 47.0 Å². The zero-order valence-electron chi connectivity index (χ0n) is 20.5. The molecule has 4 bridgehead atoms. The maximum atomic E-state index is 11.1. The Balaban J connectivity index is 1.47. The summed E-state index contributed by atoms with van der Waals surface area (Å²) in [6.45, 7) is 14.0. The Morgan fingerprint density at radius 3 is 2.70 bits per heavy atom. The van der Waals surface area contributed by atoms with Gasteiger partial charge in [0.25, 0.3) is 0 Å². The molecule has 1 unspecified atom stereocenters. The van der Waals surface area contributed by atoms with Crippen LogP contribution in [0.5, 0.6) is 11.5 Å². The summed E-state index contributed by atoms with van der Waals surface area (Å²) in [5.41, 5.74) is 3.67. The molecule has 178 valence electrons. The van der Waals surface area contributed by atoms with Crippen LogP contribution in [0.15, 0.2) is 24.3 Å². The van der Waals surface area contributed by atoms with Gasteiger partial charge in [0.1, 0.15) is 6.10 Å². The molecule has 4 heteroatoms. The Morgan fingerprint density at radius 2 is 2.00 bits per heavy atom. The number of rotatable bonds is 4. The van der Waals surface area contributed by atoms with Crippen molar-refractivity contribution in [3.05, 3.63) is 35.4 Å². The first kappa shape index (κ1) is 20.8. The van der Waals surface area contributed by atoms with E-state index in [0.717, 1.165) is 50.3 Å². The second-order valence-corrected chi connectivity index (χ2v) is 13.4. The lowest BCUT2D eigenvalue weighted by atomic mass is 9.31. The van der Waals surface area contributed by atoms with Crippen LogP contribution in [0.2, 0.25) is 0 Å². The highest BCUT2D eigenvalue weighted by Crippen LogP contribution is 2.79. The Kier molecular flexibility index (Phi) is 3.90. The second-order valence-electron chi connectivity index (χ2n) is 13.4. The highest BCUT2D eigenvalue weighted by atomic mass is 16.5. The van der Waals surface area contributed by atoms with E-state index < -0.39 is 0 Å². The summed E-state index contributed by atoms with van der Waals surface area (Å²) >= 11 is 0. The van der Waals surface area contributed by atoms with Crippen LogP contribution < -0.4 is 4.74 Å². The zero-order chi connectivity index (χ0) is 23.0. The van der Waals surface area contributed by atoms with Crippen molar-refractivity contribution in [3.63, 3.8) is 0 Å². The third-order valence-electron chi connectivity index (χ3n) is 11.2. The molecular weight excluding hydrogens is 410 g/mol. The second kappa shape index (κ2) is 6.18. The summed E-state index contributed by atoms with van der Waals surface area (Å²) in [7, 11) is 0. The molecule has 33 heavy (non-hydrogen) atoms. The quantitative estimate of drug-likeness (QED) is 0.648. The van der Waals surface area contributed by atoms with Crippen LogP contribution in [0, 0.1) is 28.1 Å². The number of nitrogens with zero attached hydrogens (tertiary/aromatic N) is 1. The van der Waals surface area contributed by atoms with Crippen molar-refractivity contribution in [1.29, 1.82) is 0 Å². The van der Waals surface area contributed by atoms with E-state index in [9.17, 15) is 10.2 Å². The standard InChI is InChI=1S/C29H39NO3/c1-17(26(2,3)4)20-14-28-10-9-27(20,16-31)25-29(28)11-12-30(15-18-5-6-18)22(28)13-19-7-8-21(32)24(33-25)23(19)29/h7-8,18,20,22,25,31-32H,1,5-6,9-16H2,2-4H3/t20-,22-,25+,27?,28-,29+/m1/s1. The van der Waals surface area contributed by atoms with Crippen LogP contribution in [0.1, 0.15) is 70.4 Å². The van der Waals surface area contributed by atoms with Crippen LogP contribution >= 0.6 is 0 Å². The maximum absolute atomic E-state index is 11.1. The topological polar surface area (TPSA) is 52.9 Å². The van der Waals surface area contributed by atoms with E-state index in [1.807, 2.05) is 6.07 Å². The fourth-order valence-corrected chi connectivity index (χ4v) is 9.46. The first-order chi connectivity index (χ1) is 15.7. The molecular formula is C29H39NO3. The van der Waals surface area contributed by atoms with Crippen LogP contribution in [0.3, 0.4) is 0 Å². The molecule has 8 rings (SSSR count). The normalized spacial score (nSPS) is 42.7. The highest BCUT2D eigenvalue weighted by molar-refractivity contribution is 5.63. The molecule has 0 aromatic heterocycles. The van der Waals surface area contributed by atoms with Gasteiger partial charge in [0.15, 0.2) is 11.5 Å². The van der Waals surface area contributed by atoms with Crippen molar-refractivity contribution in [3.8, 4) is 11.5 Å².